The SMILES string of the molecule is Oc1cccc([Si]2CCCCO2)c1O. The highest BCUT2D eigenvalue weighted by atomic mass is 28.3. The Kier molecular flexibility index (Phi) is 2.74. The maximum atomic E-state index is 9.65. The zero-order chi connectivity index (χ0) is 9.97. The molecule has 0 amide bonds. The fourth-order valence-electron chi connectivity index (χ4n) is 1.62. The molecule has 2 N–H and O–H groups in total. The molecular weight excluding hydrogens is 196 g/mol. The molecule has 0 atom stereocenters. The van der Waals surface area contributed by atoms with Gasteiger partial charge in [0, 0.05) is 11.8 Å². The van der Waals surface area contributed by atoms with E-state index in [9.17, 15) is 10.2 Å². The highest BCUT2D eigenvalue weighted by Gasteiger charge is 2.23. The van der Waals surface area contributed by atoms with Crippen molar-refractivity contribution in [2.45, 2.75) is 18.9 Å². The van der Waals surface area contributed by atoms with Gasteiger partial charge in [0.2, 0.25) is 0 Å². The van der Waals surface area contributed by atoms with Gasteiger partial charge in [-0.15, -0.1) is 0 Å². The lowest BCUT2D eigenvalue weighted by molar-refractivity contribution is 0.293. The molecule has 0 bridgehead atoms. The average Bonchev–Trinajstić information content (AvgIpc) is 2.23. The van der Waals surface area contributed by atoms with Gasteiger partial charge in [-0.25, -0.2) is 0 Å². The maximum Gasteiger partial charge on any atom is 0.250 e. The summed E-state index contributed by atoms with van der Waals surface area (Å²) in [5.41, 5.74) is 0. The number of rotatable bonds is 1. The van der Waals surface area contributed by atoms with E-state index in [1.165, 1.54) is 6.07 Å². The number of para-hydroxylation sites is 1. The first-order valence-electron chi connectivity index (χ1n) is 4.79. The van der Waals surface area contributed by atoms with Crippen molar-refractivity contribution < 1.29 is 14.6 Å². The fraction of sp³-hybridized carbons (Fsp3) is 0.400. The van der Waals surface area contributed by atoms with Gasteiger partial charge < -0.3 is 14.6 Å². The average molecular weight is 209 g/mol. The van der Waals surface area contributed by atoms with E-state index in [2.05, 4.69) is 0 Å². The number of phenols is 2. The Morgan fingerprint density at radius 3 is 2.79 bits per heavy atom. The highest BCUT2D eigenvalue weighted by Crippen LogP contribution is 2.23. The minimum atomic E-state index is -1.09. The Balaban J connectivity index is 2.26. The first kappa shape index (κ1) is 9.55. The molecule has 0 unspecified atom stereocenters. The van der Waals surface area contributed by atoms with E-state index in [1.54, 1.807) is 6.07 Å². The predicted molar refractivity (Wildman–Crippen MR) is 55.2 cm³/mol. The van der Waals surface area contributed by atoms with Gasteiger partial charge in [0.1, 0.15) is 0 Å². The van der Waals surface area contributed by atoms with Crippen LogP contribution in [-0.2, 0) is 4.43 Å². The van der Waals surface area contributed by atoms with Gasteiger partial charge in [-0.05, 0) is 18.5 Å². The first-order chi connectivity index (χ1) is 6.79. The molecule has 75 valence electrons. The van der Waals surface area contributed by atoms with Gasteiger partial charge >= 0.3 is 0 Å². The van der Waals surface area contributed by atoms with Crippen molar-refractivity contribution in [3.05, 3.63) is 18.2 Å². The fourth-order valence-corrected chi connectivity index (χ4v) is 3.83. The summed E-state index contributed by atoms with van der Waals surface area (Å²) in [5.74, 6) is -0.0440. The van der Waals surface area contributed by atoms with Crippen LogP contribution in [0.3, 0.4) is 0 Å². The molecule has 14 heavy (non-hydrogen) atoms. The monoisotopic (exact) mass is 209 g/mol. The number of aromatic hydroxyl groups is 2. The molecule has 1 aliphatic heterocycles. The van der Waals surface area contributed by atoms with E-state index in [4.69, 9.17) is 4.43 Å². The van der Waals surface area contributed by atoms with Crippen LogP contribution < -0.4 is 5.19 Å². The molecule has 4 heteroatoms. The predicted octanol–water partition coefficient (Wildman–Crippen LogP) is 1.11. The molecular formula is C10H13O3Si. The van der Waals surface area contributed by atoms with Crippen LogP contribution in [0.5, 0.6) is 11.5 Å². The molecule has 0 aromatic heterocycles. The Morgan fingerprint density at radius 1 is 1.21 bits per heavy atom. The molecule has 3 nitrogen and oxygen atoms in total. The molecule has 1 aromatic rings. The summed E-state index contributed by atoms with van der Waals surface area (Å²) in [7, 11) is -1.09. The zero-order valence-electron chi connectivity index (χ0n) is 7.86. The lowest BCUT2D eigenvalue weighted by Gasteiger charge is -2.21. The third-order valence-corrected chi connectivity index (χ3v) is 4.75. The minimum absolute atomic E-state index is 0.00305. The molecule has 1 saturated heterocycles. The number of hydrogen-bond acceptors (Lipinski definition) is 3. The van der Waals surface area contributed by atoms with E-state index < -0.39 is 9.04 Å². The van der Waals surface area contributed by atoms with Crippen molar-refractivity contribution >= 4 is 14.2 Å². The van der Waals surface area contributed by atoms with E-state index in [0.29, 0.717) is 0 Å². The zero-order valence-corrected chi connectivity index (χ0v) is 8.86. The topological polar surface area (TPSA) is 49.7 Å². The molecule has 1 fully saturated rings. The van der Waals surface area contributed by atoms with Gasteiger partial charge in [-0.3, -0.25) is 0 Å². The third-order valence-electron chi connectivity index (χ3n) is 2.39. The van der Waals surface area contributed by atoms with Crippen LogP contribution in [-0.4, -0.2) is 25.9 Å². The Hall–Kier alpha value is -1.00. The van der Waals surface area contributed by atoms with Gasteiger partial charge in [-0.1, -0.05) is 18.6 Å². The van der Waals surface area contributed by atoms with Crippen LogP contribution in [0.4, 0.5) is 0 Å². The second kappa shape index (κ2) is 4.02. The summed E-state index contributed by atoms with van der Waals surface area (Å²) >= 11 is 0. The Morgan fingerprint density at radius 2 is 2.07 bits per heavy atom. The van der Waals surface area contributed by atoms with Crippen molar-refractivity contribution in [2.75, 3.05) is 6.61 Å². The first-order valence-corrected chi connectivity index (χ1v) is 6.40. The summed E-state index contributed by atoms with van der Waals surface area (Å²) in [6, 6.07) is 6.10. The normalized spacial score (nSPS) is 18.3. The smallest absolute Gasteiger partial charge is 0.250 e. The maximum absolute atomic E-state index is 9.65. The molecule has 0 saturated carbocycles. The second-order valence-corrected chi connectivity index (χ2v) is 5.58. The molecule has 1 heterocycles. The second-order valence-electron chi connectivity index (χ2n) is 3.40. The number of benzene rings is 1. The lowest BCUT2D eigenvalue weighted by Crippen LogP contribution is -2.36. The molecule has 2 rings (SSSR count). The van der Waals surface area contributed by atoms with Crippen molar-refractivity contribution in [2.24, 2.45) is 0 Å². The van der Waals surface area contributed by atoms with Crippen LogP contribution in [0.2, 0.25) is 6.04 Å². The van der Waals surface area contributed by atoms with Crippen LogP contribution in [0.25, 0.3) is 0 Å². The van der Waals surface area contributed by atoms with Crippen molar-refractivity contribution in [1.82, 2.24) is 0 Å². The van der Waals surface area contributed by atoms with Crippen LogP contribution in [0.1, 0.15) is 12.8 Å². The summed E-state index contributed by atoms with van der Waals surface area (Å²) < 4.78 is 5.63. The summed E-state index contributed by atoms with van der Waals surface area (Å²) in [6.07, 6.45) is 2.26. The highest BCUT2D eigenvalue weighted by molar-refractivity contribution is 6.68. The third kappa shape index (κ3) is 1.76. The number of hydrogen-bond donors (Lipinski definition) is 2. The lowest BCUT2D eigenvalue weighted by atomic mass is 10.3. The Bertz CT molecular complexity index is 321. The van der Waals surface area contributed by atoms with Crippen molar-refractivity contribution in [3.63, 3.8) is 0 Å². The van der Waals surface area contributed by atoms with E-state index in [-0.39, 0.29) is 11.5 Å². The standard InChI is InChI=1S/C10H13O3Si/c11-8-4-3-5-9(10(8)12)14-7-2-1-6-13-14/h3-5,11-12H,1-2,6-7H2. The number of phenolic OH excluding ortho intramolecular Hbond substituents is 2. The minimum Gasteiger partial charge on any atom is -0.504 e. The van der Waals surface area contributed by atoms with Gasteiger partial charge in [-0.2, -0.15) is 0 Å². The molecule has 1 aliphatic rings. The van der Waals surface area contributed by atoms with Crippen LogP contribution in [0, 0.1) is 0 Å². The van der Waals surface area contributed by atoms with Gasteiger partial charge in [0.05, 0.1) is 0 Å². The van der Waals surface area contributed by atoms with Crippen molar-refractivity contribution in [3.8, 4) is 11.5 Å². The molecule has 1 aromatic carbocycles. The quantitative estimate of drug-likeness (QED) is 0.538. The Labute approximate surface area is 84.7 Å². The van der Waals surface area contributed by atoms with Gasteiger partial charge in [0.25, 0.3) is 9.04 Å². The van der Waals surface area contributed by atoms with E-state index in [1.807, 2.05) is 6.07 Å². The van der Waals surface area contributed by atoms with Gasteiger partial charge in [0.15, 0.2) is 11.5 Å². The van der Waals surface area contributed by atoms with E-state index >= 15 is 0 Å². The molecule has 0 aliphatic carbocycles. The van der Waals surface area contributed by atoms with Crippen LogP contribution in [0.15, 0.2) is 18.2 Å². The molecule has 0 spiro atoms. The largest absolute Gasteiger partial charge is 0.504 e. The molecule has 1 radical (unpaired) electrons. The summed E-state index contributed by atoms with van der Waals surface area (Å²) in [5, 5.41) is 19.8. The van der Waals surface area contributed by atoms with Crippen LogP contribution >= 0.6 is 0 Å². The summed E-state index contributed by atoms with van der Waals surface area (Å²) in [6.45, 7) is 0.781. The van der Waals surface area contributed by atoms with Crippen molar-refractivity contribution in [1.29, 1.82) is 0 Å². The van der Waals surface area contributed by atoms with E-state index in [0.717, 1.165) is 30.7 Å². The summed E-state index contributed by atoms with van der Waals surface area (Å²) in [4.78, 5) is 0.